The predicted molar refractivity (Wildman–Crippen MR) is 85.9 cm³/mol. The summed E-state index contributed by atoms with van der Waals surface area (Å²) in [5, 5.41) is 2.67. The van der Waals surface area contributed by atoms with Crippen molar-refractivity contribution in [2.75, 3.05) is 6.54 Å². The molecule has 2 aromatic carbocycles. The van der Waals surface area contributed by atoms with Crippen LogP contribution >= 0.6 is 0 Å². The van der Waals surface area contributed by atoms with Crippen LogP contribution in [0.4, 0.5) is 18.0 Å². The van der Waals surface area contributed by atoms with E-state index in [2.05, 4.69) is 10.1 Å². The van der Waals surface area contributed by atoms with Gasteiger partial charge in [-0.3, -0.25) is 0 Å². The van der Waals surface area contributed by atoms with Gasteiger partial charge in [-0.05, 0) is 23.6 Å². The number of nitrogens with zero attached hydrogens (tertiary/aromatic N) is 1. The van der Waals surface area contributed by atoms with Crippen LogP contribution in [0.25, 0.3) is 0 Å². The lowest BCUT2D eigenvalue weighted by Gasteiger charge is -2.29. The molecule has 0 radical (unpaired) electrons. The predicted octanol–water partition coefficient (Wildman–Crippen LogP) is 3.85. The number of rotatable bonds is 3. The van der Waals surface area contributed by atoms with Gasteiger partial charge in [0.2, 0.25) is 0 Å². The minimum Gasteiger partial charge on any atom is -0.405 e. The molecular weight excluding hydrogens is 333 g/mol. The van der Waals surface area contributed by atoms with E-state index in [1.807, 2.05) is 24.3 Å². The summed E-state index contributed by atoms with van der Waals surface area (Å²) in [6.07, 6.45) is -4.01. The second-order valence-corrected chi connectivity index (χ2v) is 5.75. The number of ether oxygens (including phenoxy) is 1. The summed E-state index contributed by atoms with van der Waals surface area (Å²) >= 11 is 0. The molecule has 3 rings (SSSR count). The lowest BCUT2D eigenvalue weighted by Crippen LogP contribution is -2.42. The Bertz CT molecular complexity index is 762. The molecule has 0 aliphatic carbocycles. The molecule has 1 N–H and O–H groups in total. The second kappa shape index (κ2) is 7.04. The number of benzene rings is 2. The third-order valence-electron chi connectivity index (χ3n) is 4.05. The number of fused-ring (bicyclic) bond motifs is 1. The topological polar surface area (TPSA) is 41.6 Å². The quantitative estimate of drug-likeness (QED) is 0.913. The highest BCUT2D eigenvalue weighted by Gasteiger charge is 2.32. The number of carbonyl (C=O) groups is 1. The van der Waals surface area contributed by atoms with E-state index in [4.69, 9.17) is 0 Å². The van der Waals surface area contributed by atoms with Crippen molar-refractivity contribution in [1.82, 2.24) is 10.2 Å². The third-order valence-corrected chi connectivity index (χ3v) is 4.05. The normalized spacial score (nSPS) is 14.0. The molecule has 0 spiro atoms. The van der Waals surface area contributed by atoms with Gasteiger partial charge in [-0.15, -0.1) is 13.2 Å². The first-order chi connectivity index (χ1) is 11.9. The molecule has 0 fully saturated rings. The molecule has 0 aromatic heterocycles. The molecule has 1 aliphatic rings. The first-order valence-corrected chi connectivity index (χ1v) is 7.85. The van der Waals surface area contributed by atoms with E-state index in [-0.39, 0.29) is 23.9 Å². The number of hydrogen-bond acceptors (Lipinski definition) is 2. The van der Waals surface area contributed by atoms with Crippen LogP contribution in [0, 0.1) is 0 Å². The van der Waals surface area contributed by atoms with Crippen molar-refractivity contribution < 1.29 is 22.7 Å². The molecule has 4 nitrogen and oxygen atoms in total. The molecule has 0 bridgehead atoms. The SMILES string of the molecule is O=C(NCc1ccccc1OC(F)(F)F)N1CCc2ccccc2C1. The number of hydrogen-bond donors (Lipinski definition) is 1. The summed E-state index contributed by atoms with van der Waals surface area (Å²) in [7, 11) is 0. The molecule has 7 heteroatoms. The van der Waals surface area contributed by atoms with Crippen molar-refractivity contribution in [1.29, 1.82) is 0 Å². The summed E-state index contributed by atoms with van der Waals surface area (Å²) < 4.78 is 41.3. The summed E-state index contributed by atoms with van der Waals surface area (Å²) in [4.78, 5) is 14.0. The van der Waals surface area contributed by atoms with Crippen LogP contribution in [0.15, 0.2) is 48.5 Å². The molecule has 0 saturated heterocycles. The Morgan fingerprint density at radius 2 is 1.76 bits per heavy atom. The summed E-state index contributed by atoms with van der Waals surface area (Å²) in [5.41, 5.74) is 2.57. The molecule has 2 amide bonds. The average Bonchev–Trinajstić information content (AvgIpc) is 2.59. The molecular formula is C18H17F3N2O2. The lowest BCUT2D eigenvalue weighted by molar-refractivity contribution is -0.274. The minimum atomic E-state index is -4.77. The van der Waals surface area contributed by atoms with Gasteiger partial charge in [0, 0.05) is 25.2 Å². The zero-order valence-corrected chi connectivity index (χ0v) is 13.3. The third kappa shape index (κ3) is 4.43. The molecule has 1 heterocycles. The Kier molecular flexibility index (Phi) is 4.83. The average molecular weight is 350 g/mol. The van der Waals surface area contributed by atoms with Gasteiger partial charge >= 0.3 is 12.4 Å². The van der Waals surface area contributed by atoms with Crippen LogP contribution in [0.5, 0.6) is 5.75 Å². The Balaban J connectivity index is 1.62. The Labute approximate surface area is 143 Å². The number of carbonyl (C=O) groups excluding carboxylic acids is 1. The first kappa shape index (κ1) is 17.1. The van der Waals surface area contributed by atoms with Crippen LogP contribution in [0.1, 0.15) is 16.7 Å². The van der Waals surface area contributed by atoms with Crippen molar-refractivity contribution >= 4 is 6.03 Å². The summed E-state index contributed by atoms with van der Waals surface area (Å²) in [6, 6.07) is 13.4. The van der Waals surface area contributed by atoms with E-state index in [1.54, 1.807) is 11.0 Å². The van der Waals surface area contributed by atoms with Crippen LogP contribution in [0.2, 0.25) is 0 Å². The highest BCUT2D eigenvalue weighted by molar-refractivity contribution is 5.74. The van der Waals surface area contributed by atoms with Gasteiger partial charge in [-0.25, -0.2) is 4.79 Å². The van der Waals surface area contributed by atoms with Crippen molar-refractivity contribution in [2.24, 2.45) is 0 Å². The van der Waals surface area contributed by atoms with Gasteiger partial charge in [0.15, 0.2) is 0 Å². The maximum Gasteiger partial charge on any atom is 0.573 e. The molecule has 1 aliphatic heterocycles. The first-order valence-electron chi connectivity index (χ1n) is 7.85. The molecule has 0 unspecified atom stereocenters. The Morgan fingerprint density at radius 1 is 1.08 bits per heavy atom. The van der Waals surface area contributed by atoms with Crippen molar-refractivity contribution in [2.45, 2.75) is 25.9 Å². The van der Waals surface area contributed by atoms with Gasteiger partial charge < -0.3 is 15.0 Å². The maximum atomic E-state index is 12.4. The highest BCUT2D eigenvalue weighted by Crippen LogP contribution is 2.26. The fraction of sp³-hybridized carbons (Fsp3) is 0.278. The van der Waals surface area contributed by atoms with Gasteiger partial charge in [0.25, 0.3) is 0 Å². The van der Waals surface area contributed by atoms with E-state index in [0.717, 1.165) is 12.0 Å². The van der Waals surface area contributed by atoms with Gasteiger partial charge in [0.05, 0.1) is 0 Å². The van der Waals surface area contributed by atoms with E-state index in [1.165, 1.54) is 23.8 Å². The van der Waals surface area contributed by atoms with E-state index < -0.39 is 6.36 Å². The lowest BCUT2D eigenvalue weighted by atomic mass is 10.0. The van der Waals surface area contributed by atoms with Crippen LogP contribution in [0.3, 0.4) is 0 Å². The number of halogens is 3. The van der Waals surface area contributed by atoms with Crippen LogP contribution in [-0.2, 0) is 19.5 Å². The zero-order chi connectivity index (χ0) is 17.9. The van der Waals surface area contributed by atoms with Gasteiger partial charge in [0.1, 0.15) is 5.75 Å². The largest absolute Gasteiger partial charge is 0.573 e. The van der Waals surface area contributed by atoms with Crippen LogP contribution in [-0.4, -0.2) is 23.8 Å². The van der Waals surface area contributed by atoms with Crippen molar-refractivity contribution in [3.05, 3.63) is 65.2 Å². The molecule has 0 saturated carbocycles. The molecule has 0 atom stereocenters. The monoisotopic (exact) mass is 350 g/mol. The van der Waals surface area contributed by atoms with Gasteiger partial charge in [-0.2, -0.15) is 0 Å². The van der Waals surface area contributed by atoms with Gasteiger partial charge in [-0.1, -0.05) is 42.5 Å². The fourth-order valence-electron chi connectivity index (χ4n) is 2.83. The molecule has 2 aromatic rings. The highest BCUT2D eigenvalue weighted by atomic mass is 19.4. The maximum absolute atomic E-state index is 12.4. The smallest absolute Gasteiger partial charge is 0.405 e. The number of alkyl halides is 3. The van der Waals surface area contributed by atoms with Crippen molar-refractivity contribution in [3.8, 4) is 5.75 Å². The van der Waals surface area contributed by atoms with Crippen LogP contribution < -0.4 is 10.1 Å². The summed E-state index contributed by atoms with van der Waals surface area (Å²) in [5.74, 6) is -0.306. The fourth-order valence-corrected chi connectivity index (χ4v) is 2.83. The number of para-hydroxylation sites is 1. The second-order valence-electron chi connectivity index (χ2n) is 5.75. The molecule has 25 heavy (non-hydrogen) atoms. The Hall–Kier alpha value is -2.70. The van der Waals surface area contributed by atoms with E-state index >= 15 is 0 Å². The molecule has 132 valence electrons. The van der Waals surface area contributed by atoms with E-state index in [0.29, 0.717) is 13.1 Å². The summed E-state index contributed by atoms with van der Waals surface area (Å²) in [6.45, 7) is 1.02. The van der Waals surface area contributed by atoms with E-state index in [9.17, 15) is 18.0 Å². The van der Waals surface area contributed by atoms with Crippen molar-refractivity contribution in [3.63, 3.8) is 0 Å². The zero-order valence-electron chi connectivity index (χ0n) is 13.3. The standard InChI is InChI=1S/C18H17F3N2O2/c19-18(20,21)25-16-8-4-3-6-14(16)11-22-17(24)23-10-9-13-5-1-2-7-15(13)12-23/h1-8H,9-12H2,(H,22,24). The number of nitrogens with one attached hydrogen (secondary N) is 1. The Morgan fingerprint density at radius 3 is 2.52 bits per heavy atom. The number of urea groups is 1. The minimum absolute atomic E-state index is 0.0385. The number of amides is 2.